The molecule has 0 unspecified atom stereocenters. The van der Waals surface area contributed by atoms with Gasteiger partial charge in [0.25, 0.3) is 0 Å². The summed E-state index contributed by atoms with van der Waals surface area (Å²) in [7, 11) is 0. The Hall–Kier alpha value is -2.34. The van der Waals surface area contributed by atoms with Gasteiger partial charge in [-0.1, -0.05) is 24.3 Å². The molecule has 0 N–H and O–H groups in total. The van der Waals surface area contributed by atoms with Crippen LogP contribution in [0.15, 0.2) is 36.4 Å². The van der Waals surface area contributed by atoms with E-state index in [1.807, 2.05) is 11.0 Å². The van der Waals surface area contributed by atoms with Crippen LogP contribution < -0.4 is 0 Å². The van der Waals surface area contributed by atoms with Crippen LogP contribution in [0, 0.1) is 36.2 Å². The fourth-order valence-electron chi connectivity index (χ4n) is 4.76. The molecule has 0 aliphatic carbocycles. The normalized spacial score (nSPS) is 24.6. The molecule has 0 saturated carbocycles. The maximum absolute atomic E-state index is 14.3. The highest BCUT2D eigenvalue weighted by molar-refractivity contribution is 5.74. The molecule has 0 bridgehead atoms. The molecule has 2 fully saturated rings. The minimum Gasteiger partial charge on any atom is -0.335 e. The lowest BCUT2D eigenvalue weighted by molar-refractivity contribution is -0.130. The molecule has 2 saturated heterocycles. The van der Waals surface area contributed by atoms with Crippen molar-refractivity contribution in [1.29, 1.82) is 0 Å². The van der Waals surface area contributed by atoms with Crippen LogP contribution >= 0.6 is 0 Å². The predicted octanol–water partition coefficient (Wildman–Crippen LogP) is 4.06. The summed E-state index contributed by atoms with van der Waals surface area (Å²) in [5, 5.41) is 0. The van der Waals surface area contributed by atoms with Crippen molar-refractivity contribution in [3.8, 4) is 0 Å². The van der Waals surface area contributed by atoms with Gasteiger partial charge in [-0.3, -0.25) is 9.69 Å². The third-order valence-electron chi connectivity index (χ3n) is 6.08. The second kappa shape index (κ2) is 7.24. The highest BCUT2D eigenvalue weighted by Crippen LogP contribution is 2.45. The van der Waals surface area contributed by atoms with Crippen molar-refractivity contribution in [2.45, 2.75) is 26.4 Å². The van der Waals surface area contributed by atoms with Crippen molar-refractivity contribution in [2.75, 3.05) is 19.6 Å². The standard InChI is InChI=1S/C22H23F3N2O/c1-13-6-7-16(21(25)20(13)24)9-26-10-17-11-27(14(2)28)22(19(17)12-26)15-4-3-5-18(23)8-15/h3-8,17,19,22H,9-12H2,1-2H3/t17-,19-,22+/m1/s1. The Morgan fingerprint density at radius 2 is 1.86 bits per heavy atom. The highest BCUT2D eigenvalue weighted by Gasteiger charge is 2.48. The van der Waals surface area contributed by atoms with Gasteiger partial charge in [0.15, 0.2) is 11.6 Å². The van der Waals surface area contributed by atoms with Gasteiger partial charge in [-0.05, 0) is 36.1 Å². The number of likely N-dealkylation sites (tertiary alicyclic amines) is 2. The third kappa shape index (κ3) is 3.30. The van der Waals surface area contributed by atoms with Gasteiger partial charge < -0.3 is 4.90 Å². The molecule has 2 heterocycles. The first-order valence-corrected chi connectivity index (χ1v) is 9.53. The number of rotatable bonds is 3. The molecule has 3 nitrogen and oxygen atoms in total. The zero-order valence-electron chi connectivity index (χ0n) is 16.0. The number of hydrogen-bond donors (Lipinski definition) is 0. The first kappa shape index (κ1) is 19.0. The van der Waals surface area contributed by atoms with E-state index in [1.165, 1.54) is 19.1 Å². The van der Waals surface area contributed by atoms with Crippen molar-refractivity contribution in [2.24, 2.45) is 11.8 Å². The first-order chi connectivity index (χ1) is 13.3. The lowest BCUT2D eigenvalue weighted by atomic mass is 9.89. The fourth-order valence-corrected chi connectivity index (χ4v) is 4.76. The van der Waals surface area contributed by atoms with E-state index in [-0.39, 0.29) is 29.6 Å². The second-order valence-electron chi connectivity index (χ2n) is 7.96. The molecule has 6 heteroatoms. The molecule has 0 spiro atoms. The molecule has 0 radical (unpaired) electrons. The van der Waals surface area contributed by atoms with Crippen LogP contribution in [-0.4, -0.2) is 35.3 Å². The van der Waals surface area contributed by atoms with E-state index in [4.69, 9.17) is 0 Å². The van der Waals surface area contributed by atoms with E-state index < -0.39 is 11.6 Å². The second-order valence-corrected chi connectivity index (χ2v) is 7.96. The minimum atomic E-state index is -0.794. The summed E-state index contributed by atoms with van der Waals surface area (Å²) in [5.74, 6) is -1.56. The first-order valence-electron chi connectivity index (χ1n) is 9.53. The number of carbonyl (C=O) groups excluding carboxylic acids is 1. The Labute approximate surface area is 162 Å². The van der Waals surface area contributed by atoms with E-state index >= 15 is 0 Å². The number of aryl methyl sites for hydroxylation is 1. The van der Waals surface area contributed by atoms with Gasteiger partial charge in [0.1, 0.15) is 5.82 Å². The summed E-state index contributed by atoms with van der Waals surface area (Å²) in [6.45, 7) is 5.37. The average molecular weight is 388 g/mol. The van der Waals surface area contributed by atoms with E-state index in [9.17, 15) is 18.0 Å². The van der Waals surface area contributed by atoms with Gasteiger partial charge in [-0.15, -0.1) is 0 Å². The number of benzene rings is 2. The van der Waals surface area contributed by atoms with Crippen LogP contribution in [0.25, 0.3) is 0 Å². The zero-order chi connectivity index (χ0) is 20.0. The van der Waals surface area contributed by atoms with Gasteiger partial charge in [0, 0.05) is 44.6 Å². The maximum atomic E-state index is 14.3. The molecule has 0 aromatic heterocycles. The fraction of sp³-hybridized carbons (Fsp3) is 0.409. The number of fused-ring (bicyclic) bond motifs is 1. The van der Waals surface area contributed by atoms with E-state index in [0.29, 0.717) is 37.3 Å². The third-order valence-corrected chi connectivity index (χ3v) is 6.08. The van der Waals surface area contributed by atoms with Crippen molar-refractivity contribution in [3.05, 3.63) is 70.5 Å². The Bertz CT molecular complexity index is 917. The van der Waals surface area contributed by atoms with E-state index in [2.05, 4.69) is 4.90 Å². The van der Waals surface area contributed by atoms with Crippen molar-refractivity contribution in [1.82, 2.24) is 9.80 Å². The van der Waals surface area contributed by atoms with Crippen molar-refractivity contribution >= 4 is 5.91 Å². The summed E-state index contributed by atoms with van der Waals surface area (Å²) in [4.78, 5) is 16.1. The van der Waals surface area contributed by atoms with Crippen LogP contribution in [0.3, 0.4) is 0 Å². The summed E-state index contributed by atoms with van der Waals surface area (Å²) in [6.07, 6.45) is 0. The lowest BCUT2D eigenvalue weighted by Crippen LogP contribution is -2.34. The SMILES string of the molecule is CC(=O)N1C[C@H]2CN(Cc3ccc(C)c(F)c3F)C[C@H]2[C@@H]1c1cccc(F)c1. The Morgan fingerprint density at radius 3 is 2.57 bits per heavy atom. The lowest BCUT2D eigenvalue weighted by Gasteiger charge is -2.29. The van der Waals surface area contributed by atoms with Gasteiger partial charge in [0.2, 0.25) is 5.91 Å². The molecule has 28 heavy (non-hydrogen) atoms. The van der Waals surface area contributed by atoms with Crippen LogP contribution in [-0.2, 0) is 11.3 Å². The van der Waals surface area contributed by atoms with Crippen LogP contribution in [0.1, 0.15) is 29.7 Å². The summed E-state index contributed by atoms with van der Waals surface area (Å²) >= 11 is 0. The molecule has 148 valence electrons. The molecule has 2 aliphatic rings. The smallest absolute Gasteiger partial charge is 0.219 e. The Morgan fingerprint density at radius 1 is 1.07 bits per heavy atom. The molecule has 3 atom stereocenters. The number of hydrogen-bond acceptors (Lipinski definition) is 2. The monoisotopic (exact) mass is 388 g/mol. The van der Waals surface area contributed by atoms with Crippen LogP contribution in [0.4, 0.5) is 13.2 Å². The topological polar surface area (TPSA) is 23.6 Å². The minimum absolute atomic E-state index is 0.0261. The molecule has 2 aliphatic heterocycles. The molecular formula is C22H23F3N2O. The summed E-state index contributed by atoms with van der Waals surface area (Å²) in [5.41, 5.74) is 1.42. The Kier molecular flexibility index (Phi) is 4.91. The van der Waals surface area contributed by atoms with Crippen LogP contribution in [0.5, 0.6) is 0 Å². The van der Waals surface area contributed by atoms with Gasteiger partial charge in [-0.25, -0.2) is 13.2 Å². The van der Waals surface area contributed by atoms with Crippen LogP contribution in [0.2, 0.25) is 0 Å². The van der Waals surface area contributed by atoms with Gasteiger partial charge >= 0.3 is 0 Å². The molecule has 2 aromatic rings. The number of nitrogens with zero attached hydrogens (tertiary/aromatic N) is 2. The molecule has 2 aromatic carbocycles. The molecule has 4 rings (SSSR count). The zero-order valence-corrected chi connectivity index (χ0v) is 16.0. The number of amides is 1. The van der Waals surface area contributed by atoms with E-state index in [0.717, 1.165) is 5.56 Å². The highest BCUT2D eigenvalue weighted by atomic mass is 19.2. The van der Waals surface area contributed by atoms with Crippen molar-refractivity contribution < 1.29 is 18.0 Å². The quantitative estimate of drug-likeness (QED) is 0.792. The van der Waals surface area contributed by atoms with Crippen molar-refractivity contribution in [3.63, 3.8) is 0 Å². The number of halogens is 3. The van der Waals surface area contributed by atoms with Gasteiger partial charge in [0.05, 0.1) is 6.04 Å². The molecular weight excluding hydrogens is 365 g/mol. The molecule has 1 amide bonds. The summed E-state index contributed by atoms with van der Waals surface area (Å²) in [6, 6.07) is 9.43. The number of carbonyl (C=O) groups is 1. The van der Waals surface area contributed by atoms with E-state index in [1.54, 1.807) is 25.1 Å². The average Bonchev–Trinajstić information content (AvgIpc) is 3.19. The summed E-state index contributed by atoms with van der Waals surface area (Å²) < 4.78 is 41.9. The predicted molar refractivity (Wildman–Crippen MR) is 99.9 cm³/mol. The largest absolute Gasteiger partial charge is 0.335 e. The Balaban J connectivity index is 1.56. The maximum Gasteiger partial charge on any atom is 0.219 e. The van der Waals surface area contributed by atoms with Gasteiger partial charge in [-0.2, -0.15) is 0 Å².